The monoisotopic (exact) mass is 383 g/mol. The minimum atomic E-state index is -3.76. The molecular weight excluding hydrogens is 358 g/mol. The smallest absolute Gasteiger partial charge is 0.239 e. The summed E-state index contributed by atoms with van der Waals surface area (Å²) in [4.78, 5) is 4.42. The SMILES string of the molecule is Cc1c(S(N)(=O)=O)cc(-c2ccc3ccncc3c2)n1CC1CCCCC1. The van der Waals surface area contributed by atoms with E-state index >= 15 is 0 Å². The first kappa shape index (κ1) is 18.2. The first-order valence-electron chi connectivity index (χ1n) is 9.50. The third kappa shape index (κ3) is 3.64. The van der Waals surface area contributed by atoms with E-state index in [0.29, 0.717) is 5.92 Å². The van der Waals surface area contributed by atoms with Crippen molar-refractivity contribution in [1.29, 1.82) is 0 Å². The Labute approximate surface area is 160 Å². The number of primary sulfonamides is 1. The summed E-state index contributed by atoms with van der Waals surface area (Å²) < 4.78 is 26.4. The Morgan fingerprint density at radius 1 is 1.11 bits per heavy atom. The molecule has 0 aliphatic heterocycles. The first-order chi connectivity index (χ1) is 12.9. The van der Waals surface area contributed by atoms with E-state index in [1.54, 1.807) is 12.3 Å². The molecule has 0 saturated heterocycles. The molecule has 0 radical (unpaired) electrons. The number of nitrogens with zero attached hydrogens (tertiary/aromatic N) is 2. The maximum Gasteiger partial charge on any atom is 0.239 e. The summed E-state index contributed by atoms with van der Waals surface area (Å²) in [5.74, 6) is 0.582. The second kappa shape index (κ2) is 7.09. The maximum absolute atomic E-state index is 12.1. The molecule has 1 fully saturated rings. The lowest BCUT2D eigenvalue weighted by atomic mass is 9.89. The molecule has 0 bridgehead atoms. The van der Waals surface area contributed by atoms with Crippen molar-refractivity contribution < 1.29 is 8.42 Å². The standard InChI is InChI=1S/C21H25N3O2S/c1-15-21(27(22,25)26)12-20(24(15)14-16-5-3-2-4-6-16)18-8-7-17-9-10-23-13-19(17)11-18/h7-13,16H,2-6,14H2,1H3,(H2,22,25,26). The summed E-state index contributed by atoms with van der Waals surface area (Å²) >= 11 is 0. The molecule has 4 rings (SSSR count). The van der Waals surface area contributed by atoms with Crippen LogP contribution in [0.4, 0.5) is 0 Å². The maximum atomic E-state index is 12.1. The number of aromatic nitrogens is 2. The molecule has 142 valence electrons. The van der Waals surface area contributed by atoms with Gasteiger partial charge in [0, 0.05) is 35.7 Å². The Balaban J connectivity index is 1.83. The van der Waals surface area contributed by atoms with E-state index < -0.39 is 10.0 Å². The highest BCUT2D eigenvalue weighted by Gasteiger charge is 2.23. The summed E-state index contributed by atoms with van der Waals surface area (Å²) in [7, 11) is -3.76. The zero-order valence-corrected chi connectivity index (χ0v) is 16.4. The number of fused-ring (bicyclic) bond motifs is 1. The van der Waals surface area contributed by atoms with Gasteiger partial charge in [-0.05, 0) is 54.8 Å². The normalized spacial score (nSPS) is 16.1. The van der Waals surface area contributed by atoms with E-state index in [1.165, 1.54) is 32.1 Å². The fraction of sp³-hybridized carbons (Fsp3) is 0.381. The Morgan fingerprint density at radius 2 is 1.89 bits per heavy atom. The zero-order chi connectivity index (χ0) is 19.0. The molecule has 27 heavy (non-hydrogen) atoms. The van der Waals surface area contributed by atoms with Gasteiger partial charge in [0.2, 0.25) is 10.0 Å². The number of benzene rings is 1. The Morgan fingerprint density at radius 3 is 2.63 bits per heavy atom. The van der Waals surface area contributed by atoms with E-state index in [1.807, 2.05) is 25.3 Å². The second-order valence-corrected chi connectivity index (χ2v) is 9.11. The topological polar surface area (TPSA) is 78.0 Å². The van der Waals surface area contributed by atoms with Crippen LogP contribution in [0.15, 0.2) is 47.6 Å². The lowest BCUT2D eigenvalue weighted by Gasteiger charge is -2.24. The van der Waals surface area contributed by atoms with Gasteiger partial charge >= 0.3 is 0 Å². The summed E-state index contributed by atoms with van der Waals surface area (Å²) in [5, 5.41) is 7.64. The van der Waals surface area contributed by atoms with E-state index in [-0.39, 0.29) is 4.90 Å². The van der Waals surface area contributed by atoms with Crippen molar-refractivity contribution in [3.63, 3.8) is 0 Å². The number of nitrogens with two attached hydrogens (primary N) is 1. The van der Waals surface area contributed by atoms with Gasteiger partial charge in [-0.15, -0.1) is 0 Å². The molecule has 3 aromatic rings. The van der Waals surface area contributed by atoms with E-state index in [4.69, 9.17) is 5.14 Å². The van der Waals surface area contributed by atoms with Crippen molar-refractivity contribution >= 4 is 20.8 Å². The molecule has 2 N–H and O–H groups in total. The molecular formula is C21H25N3O2S. The predicted octanol–water partition coefficient (Wildman–Crippen LogP) is 4.24. The van der Waals surface area contributed by atoms with E-state index in [9.17, 15) is 8.42 Å². The van der Waals surface area contributed by atoms with Gasteiger partial charge in [-0.1, -0.05) is 31.4 Å². The van der Waals surface area contributed by atoms with Crippen molar-refractivity contribution in [3.8, 4) is 11.3 Å². The van der Waals surface area contributed by atoms with Gasteiger partial charge in [0.05, 0.1) is 0 Å². The summed E-state index contributed by atoms with van der Waals surface area (Å²) in [6.45, 7) is 2.69. The lowest BCUT2D eigenvalue weighted by Crippen LogP contribution is -2.17. The van der Waals surface area contributed by atoms with Crippen LogP contribution in [0.5, 0.6) is 0 Å². The lowest BCUT2D eigenvalue weighted by molar-refractivity contribution is 0.318. The highest BCUT2D eigenvalue weighted by molar-refractivity contribution is 7.89. The van der Waals surface area contributed by atoms with Crippen LogP contribution in [0.25, 0.3) is 22.0 Å². The molecule has 1 aromatic carbocycles. The van der Waals surface area contributed by atoms with Gasteiger partial charge in [-0.2, -0.15) is 0 Å². The highest BCUT2D eigenvalue weighted by atomic mass is 32.2. The number of pyridine rings is 1. The van der Waals surface area contributed by atoms with Crippen molar-refractivity contribution in [2.75, 3.05) is 0 Å². The average Bonchev–Trinajstić information content (AvgIpc) is 2.99. The quantitative estimate of drug-likeness (QED) is 0.732. The Kier molecular flexibility index (Phi) is 4.78. The Hall–Kier alpha value is -2.18. The van der Waals surface area contributed by atoms with Crippen LogP contribution in [-0.2, 0) is 16.6 Å². The minimum absolute atomic E-state index is 0.222. The number of hydrogen-bond acceptors (Lipinski definition) is 3. The Bertz CT molecular complexity index is 1080. The van der Waals surface area contributed by atoms with Gasteiger partial charge in [0.1, 0.15) is 4.90 Å². The van der Waals surface area contributed by atoms with Crippen molar-refractivity contribution in [2.24, 2.45) is 11.1 Å². The molecule has 1 aliphatic carbocycles. The van der Waals surface area contributed by atoms with Crippen LogP contribution < -0.4 is 5.14 Å². The number of hydrogen-bond donors (Lipinski definition) is 1. The van der Waals surface area contributed by atoms with E-state index in [2.05, 4.69) is 21.7 Å². The number of rotatable bonds is 4. The van der Waals surface area contributed by atoms with Crippen LogP contribution in [0.3, 0.4) is 0 Å². The first-order valence-corrected chi connectivity index (χ1v) is 11.1. The molecule has 0 amide bonds. The molecule has 5 nitrogen and oxygen atoms in total. The molecule has 1 aliphatic rings. The summed E-state index contributed by atoms with van der Waals surface area (Å²) in [5.41, 5.74) is 2.63. The van der Waals surface area contributed by atoms with Gasteiger partial charge in [0.15, 0.2) is 0 Å². The molecule has 0 unspecified atom stereocenters. The van der Waals surface area contributed by atoms with Gasteiger partial charge in [0.25, 0.3) is 0 Å². The van der Waals surface area contributed by atoms with Crippen molar-refractivity contribution in [3.05, 3.63) is 48.4 Å². The number of sulfonamides is 1. The summed E-state index contributed by atoms with van der Waals surface area (Å²) in [6.07, 6.45) is 9.81. The third-order valence-electron chi connectivity index (χ3n) is 5.73. The minimum Gasteiger partial charge on any atom is -0.343 e. The zero-order valence-electron chi connectivity index (χ0n) is 15.6. The van der Waals surface area contributed by atoms with E-state index in [0.717, 1.165) is 34.3 Å². The fourth-order valence-corrected chi connectivity index (χ4v) is 5.05. The van der Waals surface area contributed by atoms with Crippen LogP contribution in [-0.4, -0.2) is 18.0 Å². The van der Waals surface area contributed by atoms with Gasteiger partial charge in [-0.25, -0.2) is 13.6 Å². The fourth-order valence-electron chi connectivity index (χ4n) is 4.25. The molecule has 0 spiro atoms. The third-order valence-corrected chi connectivity index (χ3v) is 6.75. The highest BCUT2D eigenvalue weighted by Crippen LogP contribution is 2.33. The molecule has 2 aromatic heterocycles. The van der Waals surface area contributed by atoms with Gasteiger partial charge in [-0.3, -0.25) is 4.98 Å². The van der Waals surface area contributed by atoms with Crippen LogP contribution >= 0.6 is 0 Å². The largest absolute Gasteiger partial charge is 0.343 e. The second-order valence-electron chi connectivity index (χ2n) is 7.58. The van der Waals surface area contributed by atoms with Gasteiger partial charge < -0.3 is 4.57 Å². The average molecular weight is 384 g/mol. The van der Waals surface area contributed by atoms with Crippen molar-refractivity contribution in [2.45, 2.75) is 50.5 Å². The van der Waals surface area contributed by atoms with Crippen molar-refractivity contribution in [1.82, 2.24) is 9.55 Å². The summed E-state index contributed by atoms with van der Waals surface area (Å²) in [6, 6.07) is 9.87. The molecule has 6 heteroatoms. The molecule has 0 atom stereocenters. The van der Waals surface area contributed by atoms with Crippen LogP contribution in [0.2, 0.25) is 0 Å². The van der Waals surface area contributed by atoms with Crippen LogP contribution in [0, 0.1) is 12.8 Å². The molecule has 1 saturated carbocycles. The predicted molar refractivity (Wildman–Crippen MR) is 108 cm³/mol. The molecule has 2 heterocycles. The van der Waals surface area contributed by atoms with Crippen LogP contribution in [0.1, 0.15) is 37.8 Å².